The van der Waals surface area contributed by atoms with Gasteiger partial charge in [-0.1, -0.05) is 30.3 Å². The summed E-state index contributed by atoms with van der Waals surface area (Å²) in [5, 5.41) is 0. The zero-order chi connectivity index (χ0) is 13.8. The summed E-state index contributed by atoms with van der Waals surface area (Å²) in [7, 11) is 0. The molecule has 3 heteroatoms. The Morgan fingerprint density at radius 3 is 2.35 bits per heavy atom. The lowest BCUT2D eigenvalue weighted by molar-refractivity contribution is -0.0440. The van der Waals surface area contributed by atoms with Gasteiger partial charge in [0, 0.05) is 23.5 Å². The van der Waals surface area contributed by atoms with E-state index in [0.717, 1.165) is 17.8 Å². The smallest absolute Gasteiger partial charge is 0.184 e. The minimum Gasteiger partial charge on any atom is -0.346 e. The molecule has 0 saturated carbocycles. The summed E-state index contributed by atoms with van der Waals surface area (Å²) >= 11 is 0. The second-order valence-electron chi connectivity index (χ2n) is 4.75. The van der Waals surface area contributed by atoms with Crippen LogP contribution in [0.4, 0.5) is 11.4 Å². The van der Waals surface area contributed by atoms with E-state index in [1.165, 1.54) is 5.69 Å². The second kappa shape index (κ2) is 6.07. The van der Waals surface area contributed by atoms with Gasteiger partial charge in [0.05, 0.1) is 13.2 Å². The van der Waals surface area contributed by atoms with Gasteiger partial charge in [-0.2, -0.15) is 0 Å². The molecular formula is C17H19NO2. The zero-order valence-corrected chi connectivity index (χ0v) is 11.7. The van der Waals surface area contributed by atoms with Crippen LogP contribution in [0.1, 0.15) is 18.8 Å². The van der Waals surface area contributed by atoms with Gasteiger partial charge in [-0.05, 0) is 31.2 Å². The zero-order valence-electron chi connectivity index (χ0n) is 11.7. The highest BCUT2D eigenvalue weighted by atomic mass is 16.7. The van der Waals surface area contributed by atoms with E-state index < -0.39 is 0 Å². The maximum atomic E-state index is 5.57. The van der Waals surface area contributed by atoms with Crippen molar-refractivity contribution in [1.82, 2.24) is 0 Å². The standard InChI is InChI=1S/C17H19NO2/c1-2-18(15-8-4-3-5-9-15)16-10-6-7-14(13-16)17-19-11-12-20-17/h3-10,13,17H,2,11-12H2,1H3. The first-order valence-corrected chi connectivity index (χ1v) is 7.04. The lowest BCUT2D eigenvalue weighted by Crippen LogP contribution is -2.16. The fourth-order valence-electron chi connectivity index (χ4n) is 2.51. The second-order valence-corrected chi connectivity index (χ2v) is 4.75. The van der Waals surface area contributed by atoms with Crippen LogP contribution in [0.25, 0.3) is 0 Å². The van der Waals surface area contributed by atoms with E-state index in [9.17, 15) is 0 Å². The summed E-state index contributed by atoms with van der Waals surface area (Å²) < 4.78 is 11.1. The van der Waals surface area contributed by atoms with Crippen molar-refractivity contribution in [3.05, 3.63) is 60.2 Å². The van der Waals surface area contributed by atoms with Crippen LogP contribution in [0.3, 0.4) is 0 Å². The van der Waals surface area contributed by atoms with Gasteiger partial charge in [-0.25, -0.2) is 0 Å². The summed E-state index contributed by atoms with van der Waals surface area (Å²) in [6.45, 7) is 4.41. The molecule has 1 heterocycles. The van der Waals surface area contributed by atoms with Crippen LogP contribution in [0.15, 0.2) is 54.6 Å². The fraction of sp³-hybridized carbons (Fsp3) is 0.294. The van der Waals surface area contributed by atoms with Gasteiger partial charge in [0.25, 0.3) is 0 Å². The van der Waals surface area contributed by atoms with E-state index in [-0.39, 0.29) is 6.29 Å². The Kier molecular flexibility index (Phi) is 4.00. The van der Waals surface area contributed by atoms with Crippen LogP contribution < -0.4 is 4.90 Å². The average Bonchev–Trinajstić information content (AvgIpc) is 3.04. The maximum Gasteiger partial charge on any atom is 0.184 e. The molecule has 0 aromatic heterocycles. The Balaban J connectivity index is 1.90. The molecule has 1 saturated heterocycles. The molecule has 0 aliphatic carbocycles. The molecule has 0 spiro atoms. The topological polar surface area (TPSA) is 21.7 Å². The van der Waals surface area contributed by atoms with Crippen LogP contribution in [0.5, 0.6) is 0 Å². The van der Waals surface area contributed by atoms with E-state index >= 15 is 0 Å². The quantitative estimate of drug-likeness (QED) is 0.840. The summed E-state index contributed by atoms with van der Waals surface area (Å²) in [6, 6.07) is 18.8. The third kappa shape index (κ3) is 2.69. The summed E-state index contributed by atoms with van der Waals surface area (Å²) in [5.41, 5.74) is 3.44. The molecule has 0 radical (unpaired) electrons. The Morgan fingerprint density at radius 1 is 0.950 bits per heavy atom. The molecule has 0 atom stereocenters. The SMILES string of the molecule is CCN(c1ccccc1)c1cccc(C2OCCO2)c1. The normalized spacial score (nSPS) is 15.4. The Hall–Kier alpha value is -1.84. The molecule has 1 aliphatic rings. The van der Waals surface area contributed by atoms with E-state index in [1.54, 1.807) is 0 Å². The highest BCUT2D eigenvalue weighted by molar-refractivity contribution is 5.63. The number of hydrogen-bond donors (Lipinski definition) is 0. The first kappa shape index (κ1) is 13.2. The number of ether oxygens (including phenoxy) is 2. The van der Waals surface area contributed by atoms with Crippen molar-refractivity contribution in [2.75, 3.05) is 24.7 Å². The number of nitrogens with zero attached hydrogens (tertiary/aromatic N) is 1. The minimum atomic E-state index is -0.218. The molecule has 20 heavy (non-hydrogen) atoms. The number of anilines is 2. The summed E-state index contributed by atoms with van der Waals surface area (Å²) in [5.74, 6) is 0. The molecule has 1 fully saturated rings. The van der Waals surface area contributed by atoms with Gasteiger partial charge >= 0.3 is 0 Å². The predicted molar refractivity (Wildman–Crippen MR) is 80.2 cm³/mol. The van der Waals surface area contributed by atoms with Gasteiger partial charge in [-0.15, -0.1) is 0 Å². The van der Waals surface area contributed by atoms with Crippen molar-refractivity contribution in [2.24, 2.45) is 0 Å². The van der Waals surface area contributed by atoms with Crippen LogP contribution in [-0.4, -0.2) is 19.8 Å². The molecular weight excluding hydrogens is 250 g/mol. The Labute approximate surface area is 119 Å². The van der Waals surface area contributed by atoms with E-state index in [2.05, 4.69) is 60.4 Å². The van der Waals surface area contributed by atoms with Crippen molar-refractivity contribution >= 4 is 11.4 Å². The number of rotatable bonds is 4. The number of para-hydroxylation sites is 1. The number of benzene rings is 2. The summed E-state index contributed by atoms with van der Waals surface area (Å²) in [6.07, 6.45) is -0.218. The van der Waals surface area contributed by atoms with Crippen LogP contribution in [-0.2, 0) is 9.47 Å². The van der Waals surface area contributed by atoms with Crippen molar-refractivity contribution in [2.45, 2.75) is 13.2 Å². The molecule has 0 N–H and O–H groups in total. The molecule has 0 amide bonds. The van der Waals surface area contributed by atoms with E-state index in [0.29, 0.717) is 13.2 Å². The lowest BCUT2D eigenvalue weighted by Gasteiger charge is -2.24. The van der Waals surface area contributed by atoms with Gasteiger partial charge in [-0.3, -0.25) is 0 Å². The molecule has 1 aliphatic heterocycles. The molecule has 3 rings (SSSR count). The van der Waals surface area contributed by atoms with E-state index in [4.69, 9.17) is 9.47 Å². The fourth-order valence-corrected chi connectivity index (χ4v) is 2.51. The number of hydrogen-bond acceptors (Lipinski definition) is 3. The van der Waals surface area contributed by atoms with Crippen LogP contribution in [0.2, 0.25) is 0 Å². The van der Waals surface area contributed by atoms with Crippen molar-refractivity contribution < 1.29 is 9.47 Å². The maximum absolute atomic E-state index is 5.57. The van der Waals surface area contributed by atoms with Crippen molar-refractivity contribution in [3.63, 3.8) is 0 Å². The summed E-state index contributed by atoms with van der Waals surface area (Å²) in [4.78, 5) is 2.28. The van der Waals surface area contributed by atoms with Crippen LogP contribution >= 0.6 is 0 Å². The van der Waals surface area contributed by atoms with Gasteiger partial charge in [0.2, 0.25) is 0 Å². The molecule has 2 aromatic rings. The average molecular weight is 269 g/mol. The van der Waals surface area contributed by atoms with Crippen molar-refractivity contribution in [1.29, 1.82) is 0 Å². The third-order valence-electron chi connectivity index (χ3n) is 3.46. The first-order chi connectivity index (χ1) is 9.88. The molecule has 0 bridgehead atoms. The third-order valence-corrected chi connectivity index (χ3v) is 3.46. The molecule has 3 nitrogen and oxygen atoms in total. The Bertz CT molecular complexity index is 550. The Morgan fingerprint density at radius 2 is 1.65 bits per heavy atom. The molecule has 104 valence electrons. The largest absolute Gasteiger partial charge is 0.346 e. The highest BCUT2D eigenvalue weighted by Crippen LogP contribution is 2.30. The monoisotopic (exact) mass is 269 g/mol. The van der Waals surface area contributed by atoms with Gasteiger partial charge in [0.15, 0.2) is 6.29 Å². The molecule has 0 unspecified atom stereocenters. The van der Waals surface area contributed by atoms with Gasteiger partial charge < -0.3 is 14.4 Å². The minimum absolute atomic E-state index is 0.218. The lowest BCUT2D eigenvalue weighted by atomic mass is 10.1. The predicted octanol–water partition coefficient (Wildman–Crippen LogP) is 3.89. The van der Waals surface area contributed by atoms with E-state index in [1.807, 2.05) is 6.07 Å². The first-order valence-electron chi connectivity index (χ1n) is 7.04. The van der Waals surface area contributed by atoms with Gasteiger partial charge in [0.1, 0.15) is 0 Å². The highest BCUT2D eigenvalue weighted by Gasteiger charge is 2.19. The molecule has 2 aromatic carbocycles. The van der Waals surface area contributed by atoms with Crippen LogP contribution in [0, 0.1) is 0 Å². The van der Waals surface area contributed by atoms with Crippen molar-refractivity contribution in [3.8, 4) is 0 Å².